The molecule has 0 atom stereocenters. The van der Waals surface area contributed by atoms with Crippen LogP contribution in [0.4, 0.5) is 5.82 Å². The lowest BCUT2D eigenvalue weighted by Crippen LogP contribution is -2.01. The Morgan fingerprint density at radius 3 is 2.73 bits per heavy atom. The molecule has 0 amide bonds. The van der Waals surface area contributed by atoms with E-state index in [9.17, 15) is 0 Å². The summed E-state index contributed by atoms with van der Waals surface area (Å²) in [5.74, 6) is 0.742. The third-order valence-corrected chi connectivity index (χ3v) is 2.01. The van der Waals surface area contributed by atoms with Gasteiger partial charge in [-0.05, 0) is 12.1 Å². The maximum absolute atomic E-state index is 5.75. The fraction of sp³-hybridized carbons (Fsp3) is 0.100. The Morgan fingerprint density at radius 1 is 1.20 bits per heavy atom. The Labute approximate surface area is 92.4 Å². The second kappa shape index (κ2) is 4.70. The van der Waals surface area contributed by atoms with Crippen LogP contribution in [0, 0.1) is 0 Å². The number of nitrogens with one attached hydrogen (secondary N) is 1. The fourth-order valence-electron chi connectivity index (χ4n) is 1.12. The zero-order valence-corrected chi connectivity index (χ0v) is 8.65. The highest BCUT2D eigenvalue weighted by Gasteiger charge is 1.95. The van der Waals surface area contributed by atoms with Gasteiger partial charge in [0.05, 0.1) is 0 Å². The van der Waals surface area contributed by atoms with Gasteiger partial charge in [-0.15, -0.1) is 0 Å². The number of rotatable bonds is 3. The van der Waals surface area contributed by atoms with E-state index in [1.54, 1.807) is 18.5 Å². The van der Waals surface area contributed by atoms with Gasteiger partial charge in [-0.1, -0.05) is 17.7 Å². The lowest BCUT2D eigenvalue weighted by atomic mass is 10.3. The van der Waals surface area contributed by atoms with Crippen LogP contribution in [-0.4, -0.2) is 15.0 Å². The predicted molar refractivity (Wildman–Crippen MR) is 58.6 cm³/mol. The van der Waals surface area contributed by atoms with Gasteiger partial charge in [0.15, 0.2) is 0 Å². The summed E-state index contributed by atoms with van der Waals surface area (Å²) in [6.07, 6.45) is 5.01. The summed E-state index contributed by atoms with van der Waals surface area (Å²) in [4.78, 5) is 11.9. The van der Waals surface area contributed by atoms with Crippen molar-refractivity contribution in [3.63, 3.8) is 0 Å². The largest absolute Gasteiger partial charge is 0.366 e. The monoisotopic (exact) mass is 220 g/mol. The van der Waals surface area contributed by atoms with E-state index >= 15 is 0 Å². The lowest BCUT2D eigenvalue weighted by Gasteiger charge is -2.04. The minimum Gasteiger partial charge on any atom is -0.366 e. The van der Waals surface area contributed by atoms with Crippen molar-refractivity contribution in [2.45, 2.75) is 6.54 Å². The minimum atomic E-state index is 0.476. The fourth-order valence-corrected chi connectivity index (χ4v) is 1.28. The average Bonchev–Trinajstić information content (AvgIpc) is 2.28. The van der Waals surface area contributed by atoms with E-state index in [1.807, 2.05) is 12.1 Å². The molecule has 0 aliphatic heterocycles. The summed E-state index contributed by atoms with van der Waals surface area (Å²) < 4.78 is 0. The van der Waals surface area contributed by atoms with Crippen LogP contribution < -0.4 is 5.32 Å². The zero-order chi connectivity index (χ0) is 10.5. The summed E-state index contributed by atoms with van der Waals surface area (Å²) in [5, 5.41) is 3.60. The predicted octanol–water partition coefficient (Wildman–Crippen LogP) is 2.14. The maximum atomic E-state index is 5.75. The molecule has 0 fully saturated rings. The van der Waals surface area contributed by atoms with Crippen molar-refractivity contribution in [2.24, 2.45) is 0 Å². The lowest BCUT2D eigenvalue weighted by molar-refractivity contribution is 1.04. The number of hydrogen-bond acceptors (Lipinski definition) is 4. The maximum Gasteiger partial charge on any atom is 0.131 e. The molecule has 0 bridgehead atoms. The quantitative estimate of drug-likeness (QED) is 0.806. The molecule has 0 aliphatic carbocycles. The molecule has 0 unspecified atom stereocenters. The standard InChI is InChI=1S/C10H9ClN4/c11-9-2-1-3-10(15-9)14-6-8-4-12-7-13-5-8/h1-5,7H,6H2,(H,14,15). The molecule has 2 aromatic heterocycles. The Bertz CT molecular complexity index is 432. The van der Waals surface area contributed by atoms with Crippen molar-refractivity contribution < 1.29 is 0 Å². The first-order valence-electron chi connectivity index (χ1n) is 4.45. The van der Waals surface area contributed by atoms with Crippen molar-refractivity contribution >= 4 is 17.4 Å². The molecule has 4 nitrogen and oxygen atoms in total. The van der Waals surface area contributed by atoms with E-state index in [4.69, 9.17) is 11.6 Å². The average molecular weight is 221 g/mol. The molecule has 76 valence electrons. The van der Waals surface area contributed by atoms with Gasteiger partial charge in [0.25, 0.3) is 0 Å². The van der Waals surface area contributed by atoms with Gasteiger partial charge < -0.3 is 5.32 Å². The Kier molecular flexibility index (Phi) is 3.09. The van der Waals surface area contributed by atoms with Crippen molar-refractivity contribution in [1.29, 1.82) is 0 Å². The SMILES string of the molecule is Clc1cccc(NCc2cncnc2)n1. The van der Waals surface area contributed by atoms with Crippen LogP contribution in [0.25, 0.3) is 0 Å². The zero-order valence-electron chi connectivity index (χ0n) is 7.89. The molecule has 0 saturated carbocycles. The van der Waals surface area contributed by atoms with Crippen molar-refractivity contribution in [3.8, 4) is 0 Å². The summed E-state index contributed by atoms with van der Waals surface area (Å²) in [6.45, 7) is 0.633. The molecule has 0 aromatic carbocycles. The molecule has 15 heavy (non-hydrogen) atoms. The highest BCUT2D eigenvalue weighted by molar-refractivity contribution is 6.29. The summed E-state index contributed by atoms with van der Waals surface area (Å²) in [7, 11) is 0. The van der Waals surface area contributed by atoms with Gasteiger partial charge in [0.1, 0.15) is 17.3 Å². The van der Waals surface area contributed by atoms with Gasteiger partial charge in [0.2, 0.25) is 0 Å². The molecule has 0 radical (unpaired) electrons. The number of nitrogens with zero attached hydrogens (tertiary/aromatic N) is 3. The first-order chi connectivity index (χ1) is 7.34. The Morgan fingerprint density at radius 2 is 2.00 bits per heavy atom. The molecular weight excluding hydrogens is 212 g/mol. The van der Waals surface area contributed by atoms with Gasteiger partial charge in [0, 0.05) is 24.5 Å². The van der Waals surface area contributed by atoms with Crippen LogP contribution in [0.1, 0.15) is 5.56 Å². The van der Waals surface area contributed by atoms with E-state index in [0.717, 1.165) is 11.4 Å². The molecular formula is C10H9ClN4. The van der Waals surface area contributed by atoms with Crippen molar-refractivity contribution in [1.82, 2.24) is 15.0 Å². The van der Waals surface area contributed by atoms with E-state index in [1.165, 1.54) is 6.33 Å². The van der Waals surface area contributed by atoms with E-state index in [0.29, 0.717) is 11.7 Å². The topological polar surface area (TPSA) is 50.7 Å². The number of anilines is 1. The normalized spacial score (nSPS) is 9.93. The highest BCUT2D eigenvalue weighted by atomic mass is 35.5. The van der Waals surface area contributed by atoms with Crippen molar-refractivity contribution in [3.05, 3.63) is 47.6 Å². The number of pyridine rings is 1. The molecule has 2 heterocycles. The van der Waals surface area contributed by atoms with Crippen LogP contribution in [0.5, 0.6) is 0 Å². The molecule has 0 aliphatic rings. The number of hydrogen-bond donors (Lipinski definition) is 1. The van der Waals surface area contributed by atoms with Crippen LogP contribution in [0.2, 0.25) is 5.15 Å². The first-order valence-corrected chi connectivity index (χ1v) is 4.83. The van der Waals surface area contributed by atoms with Gasteiger partial charge >= 0.3 is 0 Å². The second-order valence-corrected chi connectivity index (χ2v) is 3.33. The molecule has 1 N–H and O–H groups in total. The van der Waals surface area contributed by atoms with Gasteiger partial charge in [-0.25, -0.2) is 15.0 Å². The molecule has 2 aromatic rings. The van der Waals surface area contributed by atoms with Crippen LogP contribution in [0.3, 0.4) is 0 Å². The third-order valence-electron chi connectivity index (χ3n) is 1.80. The molecule has 0 spiro atoms. The van der Waals surface area contributed by atoms with Gasteiger partial charge in [-0.3, -0.25) is 0 Å². The van der Waals surface area contributed by atoms with E-state index < -0.39 is 0 Å². The van der Waals surface area contributed by atoms with Crippen LogP contribution >= 0.6 is 11.6 Å². The van der Waals surface area contributed by atoms with E-state index in [2.05, 4.69) is 20.3 Å². The number of aromatic nitrogens is 3. The van der Waals surface area contributed by atoms with Crippen LogP contribution in [-0.2, 0) is 6.54 Å². The minimum absolute atomic E-state index is 0.476. The summed E-state index contributed by atoms with van der Waals surface area (Å²) >= 11 is 5.75. The Hall–Kier alpha value is -1.68. The summed E-state index contributed by atoms with van der Waals surface area (Å²) in [5.41, 5.74) is 0.999. The second-order valence-electron chi connectivity index (χ2n) is 2.95. The third kappa shape index (κ3) is 2.89. The first kappa shape index (κ1) is 9.86. The summed E-state index contributed by atoms with van der Waals surface area (Å²) in [6, 6.07) is 5.44. The Balaban J connectivity index is 1.99. The van der Waals surface area contributed by atoms with Crippen molar-refractivity contribution in [2.75, 3.05) is 5.32 Å². The smallest absolute Gasteiger partial charge is 0.131 e. The van der Waals surface area contributed by atoms with Crippen LogP contribution in [0.15, 0.2) is 36.9 Å². The van der Waals surface area contributed by atoms with Gasteiger partial charge in [-0.2, -0.15) is 0 Å². The highest BCUT2D eigenvalue weighted by Crippen LogP contribution is 2.09. The van der Waals surface area contributed by atoms with E-state index in [-0.39, 0.29) is 0 Å². The molecule has 0 saturated heterocycles. The molecule has 5 heteroatoms. The number of halogens is 1. The molecule has 2 rings (SSSR count).